The van der Waals surface area contributed by atoms with Crippen LogP contribution in [0, 0.1) is 11.6 Å². The van der Waals surface area contributed by atoms with Gasteiger partial charge < -0.3 is 0 Å². The molecule has 0 aliphatic carbocycles. The minimum atomic E-state index is -3.72. The van der Waals surface area contributed by atoms with Gasteiger partial charge in [-0.1, -0.05) is 0 Å². The highest BCUT2D eigenvalue weighted by Crippen LogP contribution is 2.47. The molecule has 0 N–H and O–H groups in total. The molecule has 0 atom stereocenters. The van der Waals surface area contributed by atoms with E-state index in [4.69, 9.17) is 0 Å². The van der Waals surface area contributed by atoms with Crippen molar-refractivity contribution >= 4 is 33.4 Å². The van der Waals surface area contributed by atoms with Crippen molar-refractivity contribution in [1.29, 1.82) is 0 Å². The SMILES string of the molecule is O=C1CSC2(CCN(S(=O)(=O)c3ccc(F)cc3)CC2)N1c1ccc(F)cc1. The van der Waals surface area contributed by atoms with E-state index in [1.807, 2.05) is 0 Å². The van der Waals surface area contributed by atoms with Crippen LogP contribution in [0.25, 0.3) is 0 Å². The Balaban J connectivity index is 1.56. The number of carbonyl (C=O) groups excluding carboxylic acids is 1. The summed E-state index contributed by atoms with van der Waals surface area (Å²) < 4.78 is 53.4. The second kappa shape index (κ2) is 7.13. The summed E-state index contributed by atoms with van der Waals surface area (Å²) in [6.45, 7) is 0.495. The minimum absolute atomic E-state index is 0.0513. The number of benzene rings is 2. The van der Waals surface area contributed by atoms with Crippen molar-refractivity contribution in [1.82, 2.24) is 4.31 Å². The summed E-state index contributed by atoms with van der Waals surface area (Å²) in [7, 11) is -3.72. The Bertz CT molecular complexity index is 987. The fourth-order valence-corrected chi connectivity index (χ4v) is 6.49. The van der Waals surface area contributed by atoms with E-state index in [0.29, 0.717) is 24.3 Å². The number of halogens is 2. The van der Waals surface area contributed by atoms with Crippen LogP contribution in [0.1, 0.15) is 12.8 Å². The van der Waals surface area contributed by atoms with Gasteiger partial charge in [-0.25, -0.2) is 17.2 Å². The lowest BCUT2D eigenvalue weighted by Crippen LogP contribution is -2.53. The second-order valence-corrected chi connectivity index (χ2v) is 10.1. The summed E-state index contributed by atoms with van der Waals surface area (Å²) in [6.07, 6.45) is 0.919. The molecule has 28 heavy (non-hydrogen) atoms. The Kier molecular flexibility index (Phi) is 4.93. The topological polar surface area (TPSA) is 57.7 Å². The highest BCUT2D eigenvalue weighted by atomic mass is 32.2. The van der Waals surface area contributed by atoms with E-state index in [2.05, 4.69) is 0 Å². The van der Waals surface area contributed by atoms with Crippen LogP contribution in [0.15, 0.2) is 53.4 Å². The zero-order chi connectivity index (χ0) is 19.9. The van der Waals surface area contributed by atoms with Gasteiger partial charge in [0.25, 0.3) is 0 Å². The van der Waals surface area contributed by atoms with E-state index < -0.39 is 20.7 Å². The molecule has 4 rings (SSSR count). The number of hydrogen-bond acceptors (Lipinski definition) is 4. The molecule has 5 nitrogen and oxygen atoms in total. The van der Waals surface area contributed by atoms with Crippen LogP contribution in [0.2, 0.25) is 0 Å². The molecule has 2 aliphatic rings. The fraction of sp³-hybridized carbons (Fsp3) is 0.316. The molecule has 2 aliphatic heterocycles. The Morgan fingerprint density at radius 2 is 1.43 bits per heavy atom. The van der Waals surface area contributed by atoms with Gasteiger partial charge in [-0.05, 0) is 61.4 Å². The molecule has 2 fully saturated rings. The maximum Gasteiger partial charge on any atom is 0.243 e. The van der Waals surface area contributed by atoms with Gasteiger partial charge in [0.1, 0.15) is 11.6 Å². The molecule has 9 heteroatoms. The average molecular weight is 424 g/mol. The summed E-state index contributed by atoms with van der Waals surface area (Å²) in [6, 6.07) is 10.5. The molecule has 1 amide bonds. The summed E-state index contributed by atoms with van der Waals surface area (Å²) in [5.74, 6) is -0.627. The summed E-state index contributed by atoms with van der Waals surface area (Å²) >= 11 is 1.50. The van der Waals surface area contributed by atoms with Crippen LogP contribution >= 0.6 is 11.8 Å². The third kappa shape index (κ3) is 3.31. The summed E-state index contributed by atoms with van der Waals surface area (Å²) in [5, 5.41) is 0. The normalized spacial score (nSPS) is 20.1. The molecular weight excluding hydrogens is 406 g/mol. The first-order valence-corrected chi connectivity index (χ1v) is 11.2. The number of nitrogens with zero attached hydrogens (tertiary/aromatic N) is 2. The molecule has 0 aromatic heterocycles. The molecule has 2 aromatic rings. The van der Waals surface area contributed by atoms with Gasteiger partial charge in [0.15, 0.2) is 0 Å². The van der Waals surface area contributed by atoms with Crippen molar-refractivity contribution in [2.24, 2.45) is 0 Å². The van der Waals surface area contributed by atoms with Gasteiger partial charge in [0.05, 0.1) is 15.5 Å². The van der Waals surface area contributed by atoms with Crippen LogP contribution in [0.4, 0.5) is 14.5 Å². The Hall–Kier alpha value is -1.97. The van der Waals surface area contributed by atoms with Crippen LogP contribution < -0.4 is 4.90 Å². The van der Waals surface area contributed by atoms with E-state index in [-0.39, 0.29) is 29.7 Å². The average Bonchev–Trinajstić information content (AvgIpc) is 2.99. The molecule has 148 valence electrons. The van der Waals surface area contributed by atoms with E-state index >= 15 is 0 Å². The molecule has 2 saturated heterocycles. The predicted octanol–water partition coefficient (Wildman–Crippen LogP) is 3.23. The first-order chi connectivity index (χ1) is 13.3. The fourth-order valence-electron chi connectivity index (χ4n) is 3.72. The van der Waals surface area contributed by atoms with Crippen molar-refractivity contribution in [3.63, 3.8) is 0 Å². The van der Waals surface area contributed by atoms with Crippen molar-refractivity contribution in [2.45, 2.75) is 22.6 Å². The number of sulfonamides is 1. The first kappa shape index (κ1) is 19.4. The van der Waals surface area contributed by atoms with E-state index in [1.54, 1.807) is 17.0 Å². The van der Waals surface area contributed by atoms with Crippen molar-refractivity contribution < 1.29 is 22.0 Å². The summed E-state index contributed by atoms with van der Waals surface area (Å²) in [5.41, 5.74) is 0.617. The second-order valence-electron chi connectivity index (χ2n) is 6.80. The minimum Gasteiger partial charge on any atom is -0.296 e. The molecular formula is C19H18F2N2O3S2. The van der Waals surface area contributed by atoms with Crippen LogP contribution in [-0.2, 0) is 14.8 Å². The zero-order valence-electron chi connectivity index (χ0n) is 14.8. The van der Waals surface area contributed by atoms with Crippen LogP contribution in [0.5, 0.6) is 0 Å². The number of rotatable bonds is 3. The smallest absolute Gasteiger partial charge is 0.243 e. The standard InChI is InChI=1S/C19H18F2N2O3S2/c20-14-1-5-16(6-2-14)23-18(24)13-27-19(23)9-11-22(12-10-19)28(25,26)17-7-3-15(21)4-8-17/h1-8H,9-13H2. The van der Waals surface area contributed by atoms with Crippen LogP contribution in [-0.4, -0.2) is 42.3 Å². The van der Waals surface area contributed by atoms with Gasteiger partial charge in [-0.15, -0.1) is 11.8 Å². The van der Waals surface area contributed by atoms with E-state index in [0.717, 1.165) is 12.1 Å². The number of carbonyl (C=O) groups is 1. The van der Waals surface area contributed by atoms with Crippen molar-refractivity contribution in [2.75, 3.05) is 23.7 Å². The van der Waals surface area contributed by atoms with Gasteiger partial charge in [-0.2, -0.15) is 4.31 Å². The van der Waals surface area contributed by atoms with Crippen molar-refractivity contribution in [3.05, 3.63) is 60.2 Å². The van der Waals surface area contributed by atoms with Crippen molar-refractivity contribution in [3.8, 4) is 0 Å². The molecule has 0 radical (unpaired) electrons. The Labute approximate surface area is 166 Å². The quantitative estimate of drug-likeness (QED) is 0.759. The predicted molar refractivity (Wildman–Crippen MR) is 103 cm³/mol. The largest absolute Gasteiger partial charge is 0.296 e. The van der Waals surface area contributed by atoms with Gasteiger partial charge >= 0.3 is 0 Å². The lowest BCUT2D eigenvalue weighted by Gasteiger charge is -2.43. The molecule has 1 spiro atoms. The third-order valence-electron chi connectivity index (χ3n) is 5.16. The maximum atomic E-state index is 13.3. The lowest BCUT2D eigenvalue weighted by molar-refractivity contribution is -0.116. The molecule has 2 heterocycles. The number of anilines is 1. The number of thioether (sulfide) groups is 1. The zero-order valence-corrected chi connectivity index (χ0v) is 16.5. The molecule has 0 bridgehead atoms. The molecule has 2 aromatic carbocycles. The number of hydrogen-bond donors (Lipinski definition) is 0. The number of amides is 1. The molecule has 0 unspecified atom stereocenters. The maximum absolute atomic E-state index is 13.3. The Morgan fingerprint density at radius 3 is 2.00 bits per heavy atom. The van der Waals surface area contributed by atoms with Crippen LogP contribution in [0.3, 0.4) is 0 Å². The monoisotopic (exact) mass is 424 g/mol. The third-order valence-corrected chi connectivity index (χ3v) is 8.59. The lowest BCUT2D eigenvalue weighted by atomic mass is 10.0. The number of piperidine rings is 1. The Morgan fingerprint density at radius 1 is 0.893 bits per heavy atom. The van der Waals surface area contributed by atoms with Gasteiger partial charge in [0.2, 0.25) is 15.9 Å². The molecule has 0 saturated carbocycles. The highest BCUT2D eigenvalue weighted by molar-refractivity contribution is 8.02. The van der Waals surface area contributed by atoms with Gasteiger partial charge in [-0.3, -0.25) is 9.69 Å². The van der Waals surface area contributed by atoms with E-state index in [9.17, 15) is 22.0 Å². The summed E-state index contributed by atoms with van der Waals surface area (Å²) in [4.78, 5) is 13.7. The van der Waals surface area contributed by atoms with Gasteiger partial charge in [0, 0.05) is 18.8 Å². The van der Waals surface area contributed by atoms with E-state index in [1.165, 1.54) is 40.3 Å². The highest BCUT2D eigenvalue weighted by Gasteiger charge is 2.49. The first-order valence-electron chi connectivity index (χ1n) is 8.80.